The molecule has 1 aliphatic heterocycles. The second-order valence-electron chi connectivity index (χ2n) is 2.96. The first-order valence-corrected chi connectivity index (χ1v) is 5.19. The van der Waals surface area contributed by atoms with Crippen LogP contribution in [0.3, 0.4) is 0 Å². The number of hydrogen-bond donors (Lipinski definition) is 1. The average Bonchev–Trinajstić information content (AvgIpc) is 2.68. The van der Waals surface area contributed by atoms with E-state index in [2.05, 4.69) is 20.7 Å². The maximum atomic E-state index is 5.90. The number of ether oxygens (including phenoxy) is 3. The highest BCUT2D eigenvalue weighted by Crippen LogP contribution is 2.33. The van der Waals surface area contributed by atoms with Crippen LogP contribution < -0.4 is 5.73 Å². The van der Waals surface area contributed by atoms with E-state index in [0.717, 1.165) is 0 Å². The summed E-state index contributed by atoms with van der Waals surface area (Å²) in [5, 5.41) is 14.1. The molecule has 0 fully saturated rings. The highest BCUT2D eigenvalue weighted by atomic mass is 16.9. The molecular formula is C8H17N5O3. The van der Waals surface area contributed by atoms with Crippen LogP contribution in [0.2, 0.25) is 0 Å². The molecule has 0 amide bonds. The maximum Gasteiger partial charge on any atom is 0.350 e. The third-order valence-electron chi connectivity index (χ3n) is 1.89. The molecule has 8 heteroatoms. The molecule has 0 bridgehead atoms. The third kappa shape index (κ3) is 2.24. The van der Waals surface area contributed by atoms with E-state index >= 15 is 0 Å². The van der Waals surface area contributed by atoms with Crippen molar-refractivity contribution >= 4 is 0 Å². The topological polar surface area (TPSA) is 103 Å². The lowest BCUT2D eigenvalue weighted by molar-refractivity contribution is -0.404. The molecule has 2 N–H and O–H groups in total. The number of nitrogens with zero attached hydrogens (tertiary/aromatic N) is 4. The minimum atomic E-state index is -1.59. The van der Waals surface area contributed by atoms with Crippen LogP contribution in [0.5, 0.6) is 0 Å². The van der Waals surface area contributed by atoms with Crippen LogP contribution in [0, 0.1) is 0 Å². The summed E-state index contributed by atoms with van der Waals surface area (Å²) in [5.74, 6) is -3.16. The summed E-state index contributed by atoms with van der Waals surface area (Å²) in [6.07, 6.45) is 0. The molecule has 0 aromatic rings. The van der Waals surface area contributed by atoms with Gasteiger partial charge in [-0.1, -0.05) is 0 Å². The zero-order valence-electron chi connectivity index (χ0n) is 9.71. The van der Waals surface area contributed by atoms with Gasteiger partial charge in [0.25, 0.3) is 0 Å². The molecule has 1 rings (SSSR count). The highest BCUT2D eigenvalue weighted by Gasteiger charge is 2.57. The van der Waals surface area contributed by atoms with Crippen LogP contribution in [0.15, 0.2) is 20.7 Å². The van der Waals surface area contributed by atoms with Gasteiger partial charge in [-0.15, -0.1) is 10.2 Å². The molecular weight excluding hydrogens is 214 g/mol. The van der Waals surface area contributed by atoms with Gasteiger partial charge in [-0.2, -0.15) is 0 Å². The molecule has 0 aromatic carbocycles. The second-order valence-corrected chi connectivity index (χ2v) is 2.96. The fraction of sp³-hybridized carbons (Fsp3) is 1.00. The summed E-state index contributed by atoms with van der Waals surface area (Å²) in [6, 6.07) is 0. The molecule has 0 radical (unpaired) electrons. The van der Waals surface area contributed by atoms with Gasteiger partial charge in [-0.25, -0.2) is 0 Å². The Morgan fingerprint density at radius 2 is 1.31 bits per heavy atom. The zero-order valence-corrected chi connectivity index (χ0v) is 9.71. The first-order chi connectivity index (χ1) is 7.64. The van der Waals surface area contributed by atoms with Gasteiger partial charge in [0.2, 0.25) is 0 Å². The Morgan fingerprint density at radius 3 is 1.62 bits per heavy atom. The monoisotopic (exact) mass is 231 g/mol. The van der Waals surface area contributed by atoms with Crippen molar-refractivity contribution in [1.82, 2.24) is 0 Å². The molecule has 0 saturated heterocycles. The van der Waals surface area contributed by atoms with Crippen molar-refractivity contribution < 1.29 is 14.2 Å². The summed E-state index contributed by atoms with van der Waals surface area (Å²) in [7, 11) is 0. The van der Waals surface area contributed by atoms with E-state index in [-0.39, 0.29) is 0 Å². The van der Waals surface area contributed by atoms with Gasteiger partial charge in [-0.05, 0) is 31.2 Å². The summed E-state index contributed by atoms with van der Waals surface area (Å²) in [4.78, 5) is 0. The quantitative estimate of drug-likeness (QED) is 0.664. The third-order valence-corrected chi connectivity index (χ3v) is 1.89. The first kappa shape index (κ1) is 13.1. The normalized spacial score (nSPS) is 18.2. The molecule has 0 saturated carbocycles. The Morgan fingerprint density at radius 1 is 0.938 bits per heavy atom. The van der Waals surface area contributed by atoms with Crippen molar-refractivity contribution in [3.8, 4) is 0 Å². The van der Waals surface area contributed by atoms with Crippen LogP contribution in [-0.4, -0.2) is 31.6 Å². The van der Waals surface area contributed by atoms with E-state index in [9.17, 15) is 0 Å². The average molecular weight is 231 g/mol. The zero-order chi connectivity index (χ0) is 12.1. The highest BCUT2D eigenvalue weighted by molar-refractivity contribution is 4.89. The smallest absolute Gasteiger partial charge is 0.323 e. The molecule has 1 aliphatic rings. The fourth-order valence-electron chi connectivity index (χ4n) is 1.33. The van der Waals surface area contributed by atoms with E-state index in [1.807, 2.05) is 0 Å². The molecule has 0 aliphatic carbocycles. The molecule has 0 atom stereocenters. The van der Waals surface area contributed by atoms with Crippen LogP contribution in [0.25, 0.3) is 0 Å². The van der Waals surface area contributed by atoms with Crippen molar-refractivity contribution in [2.45, 2.75) is 32.5 Å². The predicted octanol–water partition coefficient (Wildman–Crippen LogP) is 1.20. The van der Waals surface area contributed by atoms with Crippen molar-refractivity contribution in [1.29, 1.82) is 0 Å². The van der Waals surface area contributed by atoms with E-state index in [1.54, 1.807) is 20.8 Å². The van der Waals surface area contributed by atoms with Crippen molar-refractivity contribution in [2.24, 2.45) is 26.4 Å². The lowest BCUT2D eigenvalue weighted by Crippen LogP contribution is -2.62. The minimum Gasteiger partial charge on any atom is -0.323 e. The number of nitrogens with two attached hydrogens (primary N) is 1. The van der Waals surface area contributed by atoms with Gasteiger partial charge in [0, 0.05) is 19.8 Å². The van der Waals surface area contributed by atoms with Crippen LogP contribution >= 0.6 is 0 Å². The molecule has 0 spiro atoms. The van der Waals surface area contributed by atoms with Gasteiger partial charge in [0.15, 0.2) is 0 Å². The lowest BCUT2D eigenvalue weighted by atomic mass is 10.3. The molecule has 0 aromatic heterocycles. The maximum absolute atomic E-state index is 5.90. The number of rotatable bonds is 7. The van der Waals surface area contributed by atoms with Gasteiger partial charge < -0.3 is 14.2 Å². The lowest BCUT2D eigenvalue weighted by Gasteiger charge is -2.37. The van der Waals surface area contributed by atoms with E-state index in [1.165, 1.54) is 0 Å². The van der Waals surface area contributed by atoms with Crippen LogP contribution in [0.1, 0.15) is 20.8 Å². The Hall–Kier alpha value is -0.960. The van der Waals surface area contributed by atoms with Gasteiger partial charge in [0.05, 0.1) is 0 Å². The van der Waals surface area contributed by atoms with Gasteiger partial charge >= 0.3 is 11.8 Å². The summed E-state index contributed by atoms with van der Waals surface area (Å²) >= 11 is 0. The van der Waals surface area contributed by atoms with Crippen molar-refractivity contribution in [3.63, 3.8) is 0 Å². The molecule has 8 nitrogen and oxygen atoms in total. The Bertz CT molecular complexity index is 252. The second kappa shape index (κ2) is 5.39. The number of hydrogen-bond acceptors (Lipinski definition) is 8. The van der Waals surface area contributed by atoms with E-state index < -0.39 is 11.8 Å². The summed E-state index contributed by atoms with van der Waals surface area (Å²) in [6.45, 7) is 6.39. The molecule has 0 unspecified atom stereocenters. The Labute approximate surface area is 93.8 Å². The Kier molecular flexibility index (Phi) is 4.42. The fourth-order valence-corrected chi connectivity index (χ4v) is 1.33. The molecule has 1 heterocycles. The van der Waals surface area contributed by atoms with E-state index in [4.69, 9.17) is 19.9 Å². The molecule has 92 valence electrons. The van der Waals surface area contributed by atoms with Crippen molar-refractivity contribution in [3.05, 3.63) is 0 Å². The van der Waals surface area contributed by atoms with Crippen molar-refractivity contribution in [2.75, 3.05) is 19.8 Å². The minimum absolute atomic E-state index is 0.337. The summed E-state index contributed by atoms with van der Waals surface area (Å²) < 4.78 is 16.3. The Balaban J connectivity index is 2.98. The van der Waals surface area contributed by atoms with Crippen LogP contribution in [0.4, 0.5) is 0 Å². The SMILES string of the molecule is CCOC(OCC)(OCC)C1(N)N=NN=N1. The van der Waals surface area contributed by atoms with Gasteiger partial charge in [0.1, 0.15) is 0 Å². The predicted molar refractivity (Wildman–Crippen MR) is 54.2 cm³/mol. The first-order valence-electron chi connectivity index (χ1n) is 5.19. The van der Waals surface area contributed by atoms with Gasteiger partial charge in [-0.3, -0.25) is 5.73 Å². The van der Waals surface area contributed by atoms with Crippen LogP contribution in [-0.2, 0) is 14.2 Å². The summed E-state index contributed by atoms with van der Waals surface area (Å²) in [5.41, 5.74) is 5.90. The standard InChI is InChI=1S/C8H17N5O3/c1-4-14-8(15-5-2,16-6-3)7(9)10-12-13-11-7/h4-6,9H2,1-3H3. The molecule has 16 heavy (non-hydrogen) atoms. The van der Waals surface area contributed by atoms with E-state index in [0.29, 0.717) is 19.8 Å². The largest absolute Gasteiger partial charge is 0.350 e.